The third-order valence-electron chi connectivity index (χ3n) is 4.42. The van der Waals surface area contributed by atoms with Gasteiger partial charge in [-0.3, -0.25) is 9.36 Å². The fourth-order valence-electron chi connectivity index (χ4n) is 2.98. The Bertz CT molecular complexity index is 1090. The molecule has 0 saturated heterocycles. The van der Waals surface area contributed by atoms with Crippen LogP contribution in [0.3, 0.4) is 0 Å². The Morgan fingerprint density at radius 1 is 1.35 bits per heavy atom. The maximum absolute atomic E-state index is 12.3. The summed E-state index contributed by atoms with van der Waals surface area (Å²) in [6.45, 7) is 10.3. The molecule has 3 rings (SSSR count). The lowest BCUT2D eigenvalue weighted by Gasteiger charge is -2.17. The number of hydrogen-bond donors (Lipinski definition) is 1. The van der Waals surface area contributed by atoms with Crippen molar-refractivity contribution >= 4 is 35.0 Å². The summed E-state index contributed by atoms with van der Waals surface area (Å²) in [6, 6.07) is 9.45. The summed E-state index contributed by atoms with van der Waals surface area (Å²) in [6.07, 6.45) is 3.00. The van der Waals surface area contributed by atoms with Gasteiger partial charge in [-0.25, -0.2) is 4.98 Å². The van der Waals surface area contributed by atoms with Gasteiger partial charge in [0.2, 0.25) is 5.91 Å². The SMILES string of the molecule is C=CCn1c(SCC(=O)Nc2cccnc2Cl)nnc1C(C)Oc1ccc(C)cc1C. The van der Waals surface area contributed by atoms with E-state index < -0.39 is 0 Å². The maximum atomic E-state index is 12.3. The zero-order valence-electron chi connectivity index (χ0n) is 17.6. The summed E-state index contributed by atoms with van der Waals surface area (Å²) in [4.78, 5) is 16.3. The molecule has 0 bridgehead atoms. The van der Waals surface area contributed by atoms with Crippen LogP contribution >= 0.6 is 23.4 Å². The second-order valence-electron chi connectivity index (χ2n) is 6.95. The second kappa shape index (κ2) is 10.5. The molecule has 1 amide bonds. The van der Waals surface area contributed by atoms with E-state index in [9.17, 15) is 4.79 Å². The zero-order valence-corrected chi connectivity index (χ0v) is 19.2. The van der Waals surface area contributed by atoms with Crippen LogP contribution in [0, 0.1) is 13.8 Å². The first-order chi connectivity index (χ1) is 14.9. The van der Waals surface area contributed by atoms with Crippen LogP contribution < -0.4 is 10.1 Å². The van der Waals surface area contributed by atoms with Crippen LogP contribution in [0.4, 0.5) is 5.69 Å². The molecule has 0 saturated carbocycles. The van der Waals surface area contributed by atoms with Gasteiger partial charge in [-0.2, -0.15) is 0 Å². The fraction of sp³-hybridized carbons (Fsp3) is 0.273. The van der Waals surface area contributed by atoms with Gasteiger partial charge in [0.1, 0.15) is 5.75 Å². The monoisotopic (exact) mass is 457 g/mol. The Morgan fingerprint density at radius 2 is 2.16 bits per heavy atom. The Kier molecular flexibility index (Phi) is 7.70. The standard InChI is InChI=1S/C22H24ClN5O2S/c1-5-11-28-21(16(4)30-18-9-8-14(2)12-15(18)3)26-27-22(28)31-13-19(29)25-17-7-6-10-24-20(17)23/h5-10,12,16H,1,11,13H2,2-4H3,(H,25,29). The summed E-state index contributed by atoms with van der Waals surface area (Å²) in [5.41, 5.74) is 2.71. The Balaban J connectivity index is 1.70. The number of carbonyl (C=O) groups excluding carboxylic acids is 1. The van der Waals surface area contributed by atoms with Crippen molar-refractivity contribution in [3.63, 3.8) is 0 Å². The second-order valence-corrected chi connectivity index (χ2v) is 8.25. The molecule has 1 atom stereocenters. The molecule has 0 aliphatic heterocycles. The molecule has 0 spiro atoms. The van der Waals surface area contributed by atoms with Crippen molar-refractivity contribution in [2.24, 2.45) is 0 Å². The van der Waals surface area contributed by atoms with Gasteiger partial charge >= 0.3 is 0 Å². The Morgan fingerprint density at radius 3 is 2.87 bits per heavy atom. The van der Waals surface area contributed by atoms with Crippen LogP contribution in [-0.2, 0) is 11.3 Å². The molecule has 7 nitrogen and oxygen atoms in total. The highest BCUT2D eigenvalue weighted by Crippen LogP contribution is 2.27. The van der Waals surface area contributed by atoms with E-state index in [-0.39, 0.29) is 22.9 Å². The van der Waals surface area contributed by atoms with Crippen molar-refractivity contribution in [1.82, 2.24) is 19.7 Å². The van der Waals surface area contributed by atoms with Crippen molar-refractivity contribution in [2.75, 3.05) is 11.1 Å². The van der Waals surface area contributed by atoms with Gasteiger partial charge in [-0.05, 0) is 44.5 Å². The first-order valence-corrected chi connectivity index (χ1v) is 11.1. The van der Waals surface area contributed by atoms with Crippen molar-refractivity contribution in [3.05, 3.63) is 71.3 Å². The van der Waals surface area contributed by atoms with Crippen molar-refractivity contribution in [1.29, 1.82) is 0 Å². The number of allylic oxidation sites excluding steroid dienone is 1. The minimum Gasteiger partial charge on any atom is -0.482 e. The molecule has 0 radical (unpaired) electrons. The van der Waals surface area contributed by atoms with Crippen molar-refractivity contribution in [2.45, 2.75) is 38.6 Å². The van der Waals surface area contributed by atoms with E-state index >= 15 is 0 Å². The number of nitrogens with one attached hydrogen (secondary N) is 1. The number of carbonyl (C=O) groups is 1. The van der Waals surface area contributed by atoms with Crippen molar-refractivity contribution < 1.29 is 9.53 Å². The third-order valence-corrected chi connectivity index (χ3v) is 5.69. The molecule has 1 N–H and O–H groups in total. The molecule has 2 aromatic heterocycles. The minimum absolute atomic E-state index is 0.146. The number of benzene rings is 1. The van der Waals surface area contributed by atoms with E-state index in [4.69, 9.17) is 16.3 Å². The molecule has 0 aliphatic carbocycles. The average molecular weight is 458 g/mol. The number of anilines is 1. The predicted octanol–water partition coefficient (Wildman–Crippen LogP) is 5.00. The highest BCUT2D eigenvalue weighted by molar-refractivity contribution is 7.99. The lowest BCUT2D eigenvalue weighted by atomic mass is 10.1. The van der Waals surface area contributed by atoms with Gasteiger partial charge in [0, 0.05) is 12.7 Å². The van der Waals surface area contributed by atoms with Crippen LogP contribution in [0.5, 0.6) is 5.75 Å². The van der Waals surface area contributed by atoms with Gasteiger partial charge in [-0.1, -0.05) is 47.1 Å². The number of halogens is 1. The van der Waals surface area contributed by atoms with Gasteiger partial charge in [0.05, 0.1) is 11.4 Å². The summed E-state index contributed by atoms with van der Waals surface area (Å²) in [7, 11) is 0. The number of nitrogens with zero attached hydrogens (tertiary/aromatic N) is 4. The van der Waals surface area contributed by atoms with Crippen LogP contribution in [0.1, 0.15) is 30.0 Å². The summed E-state index contributed by atoms with van der Waals surface area (Å²) in [5, 5.41) is 12.2. The van der Waals surface area contributed by atoms with E-state index in [0.29, 0.717) is 23.2 Å². The third kappa shape index (κ3) is 5.86. The molecule has 3 aromatic rings. The number of ether oxygens (including phenoxy) is 1. The van der Waals surface area contributed by atoms with Crippen LogP contribution in [0.25, 0.3) is 0 Å². The number of aromatic nitrogens is 4. The molecule has 0 aliphatic rings. The number of thioether (sulfide) groups is 1. The molecule has 31 heavy (non-hydrogen) atoms. The van der Waals surface area contributed by atoms with Gasteiger partial charge in [0.15, 0.2) is 22.2 Å². The zero-order chi connectivity index (χ0) is 22.4. The van der Waals surface area contributed by atoms with Crippen LogP contribution in [-0.4, -0.2) is 31.4 Å². The van der Waals surface area contributed by atoms with E-state index in [2.05, 4.69) is 33.1 Å². The average Bonchev–Trinajstić information content (AvgIpc) is 3.13. The number of aryl methyl sites for hydroxylation is 2. The molecule has 162 valence electrons. The quantitative estimate of drug-likeness (QED) is 0.276. The molecule has 0 fully saturated rings. The van der Waals surface area contributed by atoms with E-state index in [1.54, 1.807) is 24.4 Å². The lowest BCUT2D eigenvalue weighted by molar-refractivity contribution is -0.113. The first-order valence-electron chi connectivity index (χ1n) is 9.70. The first kappa shape index (κ1) is 22.8. The topological polar surface area (TPSA) is 81.9 Å². The van der Waals surface area contributed by atoms with E-state index in [1.165, 1.54) is 17.3 Å². The summed E-state index contributed by atoms with van der Waals surface area (Å²) >= 11 is 7.27. The van der Waals surface area contributed by atoms with Gasteiger partial charge < -0.3 is 10.1 Å². The highest BCUT2D eigenvalue weighted by atomic mass is 35.5. The highest BCUT2D eigenvalue weighted by Gasteiger charge is 2.20. The van der Waals surface area contributed by atoms with E-state index in [0.717, 1.165) is 11.3 Å². The Hall–Kier alpha value is -2.84. The normalized spacial score (nSPS) is 11.7. The van der Waals surface area contributed by atoms with E-state index in [1.807, 2.05) is 37.5 Å². The largest absolute Gasteiger partial charge is 0.482 e. The Labute approximate surface area is 190 Å². The fourth-order valence-corrected chi connectivity index (χ4v) is 3.90. The number of pyridine rings is 1. The minimum atomic E-state index is -0.328. The molecule has 9 heteroatoms. The van der Waals surface area contributed by atoms with Crippen LogP contribution in [0.15, 0.2) is 54.3 Å². The maximum Gasteiger partial charge on any atom is 0.234 e. The molecule has 1 aromatic carbocycles. The molecule has 1 unspecified atom stereocenters. The molecular weight excluding hydrogens is 434 g/mol. The smallest absolute Gasteiger partial charge is 0.234 e. The van der Waals surface area contributed by atoms with Gasteiger partial charge in [0.25, 0.3) is 0 Å². The molecule has 2 heterocycles. The molecular formula is C22H24ClN5O2S. The van der Waals surface area contributed by atoms with Crippen molar-refractivity contribution in [3.8, 4) is 5.75 Å². The number of rotatable bonds is 9. The summed E-state index contributed by atoms with van der Waals surface area (Å²) in [5.74, 6) is 1.40. The number of hydrogen-bond acceptors (Lipinski definition) is 6. The van der Waals surface area contributed by atoms with Crippen LogP contribution in [0.2, 0.25) is 5.15 Å². The lowest BCUT2D eigenvalue weighted by Crippen LogP contribution is -2.16. The predicted molar refractivity (Wildman–Crippen MR) is 124 cm³/mol. The van der Waals surface area contributed by atoms with Gasteiger partial charge in [-0.15, -0.1) is 16.8 Å². The number of amides is 1. The summed E-state index contributed by atoms with van der Waals surface area (Å²) < 4.78 is 8.04.